The molecule has 1 heterocycles. The Morgan fingerprint density at radius 2 is 1.65 bits per heavy atom. The molecule has 132 valence electrons. The fourth-order valence-corrected chi connectivity index (χ4v) is 3.09. The van der Waals surface area contributed by atoms with E-state index >= 15 is 0 Å². The van der Waals surface area contributed by atoms with Crippen LogP contribution in [-0.2, 0) is 0 Å². The third-order valence-corrected chi connectivity index (χ3v) is 4.81. The Balaban J connectivity index is 1.83. The van der Waals surface area contributed by atoms with Crippen LogP contribution in [0.2, 0.25) is 10.0 Å². The van der Waals surface area contributed by atoms with Crippen molar-refractivity contribution >= 4 is 57.6 Å². The number of hydrogen-bond acceptors (Lipinski definition) is 5. The number of phenolic OH excluding ortho intramolecular Hbond substituents is 1. The summed E-state index contributed by atoms with van der Waals surface area (Å²) in [4.78, 5) is 1.37. The highest BCUT2D eigenvalue weighted by molar-refractivity contribution is 7.80. The Labute approximate surface area is 164 Å². The second kappa shape index (κ2) is 6.87. The quantitative estimate of drug-likeness (QED) is 0.474. The van der Waals surface area contributed by atoms with E-state index in [1.807, 2.05) is 18.2 Å². The van der Waals surface area contributed by atoms with Gasteiger partial charge in [0.2, 0.25) is 0 Å². The van der Waals surface area contributed by atoms with Crippen molar-refractivity contribution in [2.75, 3.05) is 12.4 Å². The lowest BCUT2D eigenvalue weighted by Crippen LogP contribution is -2.00. The number of aromatic hydroxyl groups is 1. The maximum atomic E-state index is 10.4. The predicted octanol–water partition coefficient (Wildman–Crippen LogP) is 4.89. The van der Waals surface area contributed by atoms with Crippen molar-refractivity contribution in [3.63, 3.8) is 0 Å². The van der Waals surface area contributed by atoms with Gasteiger partial charge >= 0.3 is 0 Å². The normalized spacial score (nSPS) is 11.3. The molecular formula is C18H13Cl2N3O2S. The monoisotopic (exact) mass is 405 g/mol. The summed E-state index contributed by atoms with van der Waals surface area (Å²) in [5, 5.41) is 21.8. The van der Waals surface area contributed by atoms with Gasteiger partial charge in [-0.1, -0.05) is 29.3 Å². The molecular weight excluding hydrogens is 393 g/mol. The summed E-state index contributed by atoms with van der Waals surface area (Å²) in [6.07, 6.45) is 0. The second-order valence-corrected chi connectivity index (χ2v) is 6.93. The lowest BCUT2D eigenvalue weighted by Gasteiger charge is -2.08. The summed E-state index contributed by atoms with van der Waals surface area (Å²) in [5.74, 6) is 1.44. The number of rotatable bonds is 4. The molecule has 0 aliphatic rings. The first-order chi connectivity index (χ1) is 12.5. The van der Waals surface area contributed by atoms with Gasteiger partial charge in [0, 0.05) is 5.75 Å². The van der Waals surface area contributed by atoms with Gasteiger partial charge in [-0.15, -0.1) is 15.0 Å². The lowest BCUT2D eigenvalue weighted by atomic mass is 10.1. The third kappa shape index (κ3) is 3.16. The molecule has 0 radical (unpaired) electrons. The van der Waals surface area contributed by atoms with E-state index in [1.165, 1.54) is 4.80 Å². The fourth-order valence-electron chi connectivity index (χ4n) is 2.69. The van der Waals surface area contributed by atoms with Gasteiger partial charge in [0.15, 0.2) is 0 Å². The van der Waals surface area contributed by atoms with E-state index in [1.54, 1.807) is 24.3 Å². The van der Waals surface area contributed by atoms with Crippen LogP contribution in [0.5, 0.6) is 11.5 Å². The van der Waals surface area contributed by atoms with Crippen LogP contribution in [-0.4, -0.2) is 32.5 Å². The Kier molecular flexibility index (Phi) is 4.56. The zero-order valence-electron chi connectivity index (χ0n) is 13.4. The van der Waals surface area contributed by atoms with Crippen molar-refractivity contribution in [3.8, 4) is 17.2 Å². The molecule has 0 spiro atoms. The van der Waals surface area contributed by atoms with Crippen molar-refractivity contribution < 1.29 is 9.84 Å². The minimum atomic E-state index is 0.0685. The van der Waals surface area contributed by atoms with Crippen molar-refractivity contribution in [2.24, 2.45) is 0 Å². The zero-order valence-corrected chi connectivity index (χ0v) is 15.8. The number of phenols is 1. The smallest absolute Gasteiger partial charge is 0.143 e. The number of hydrogen-bond donors (Lipinski definition) is 2. The molecule has 3 aromatic carbocycles. The molecule has 0 bridgehead atoms. The standard InChI is InChI=1S/C18H13Cl2N3O2S/c19-13-8-15-16(9-14(13)20)22-23(21-15)17-6-11-5-12(25-3-4-26)2-1-10(11)7-18(17)24/h1-2,5-9,24,26H,3-4H2. The summed E-state index contributed by atoms with van der Waals surface area (Å²) in [6.45, 7) is 0.521. The van der Waals surface area contributed by atoms with Crippen molar-refractivity contribution in [3.05, 3.63) is 52.5 Å². The molecule has 0 saturated carbocycles. The third-order valence-electron chi connectivity index (χ3n) is 3.90. The largest absolute Gasteiger partial charge is 0.506 e. The highest BCUT2D eigenvalue weighted by Gasteiger charge is 2.12. The number of fused-ring (bicyclic) bond motifs is 2. The minimum absolute atomic E-state index is 0.0685. The number of aromatic nitrogens is 3. The van der Waals surface area contributed by atoms with E-state index in [4.69, 9.17) is 27.9 Å². The lowest BCUT2D eigenvalue weighted by molar-refractivity contribution is 0.345. The number of thiol groups is 1. The van der Waals surface area contributed by atoms with E-state index in [-0.39, 0.29) is 5.75 Å². The van der Waals surface area contributed by atoms with Crippen LogP contribution in [0.25, 0.3) is 27.5 Å². The Morgan fingerprint density at radius 3 is 2.31 bits per heavy atom. The van der Waals surface area contributed by atoms with Gasteiger partial charge in [-0.05, 0) is 47.2 Å². The molecule has 0 fully saturated rings. The summed E-state index contributed by atoms with van der Waals surface area (Å²) < 4.78 is 5.61. The van der Waals surface area contributed by atoms with E-state index in [2.05, 4.69) is 22.8 Å². The van der Waals surface area contributed by atoms with Gasteiger partial charge in [0.05, 0.1) is 16.7 Å². The number of ether oxygens (including phenoxy) is 1. The van der Waals surface area contributed by atoms with Crippen molar-refractivity contribution in [2.45, 2.75) is 0 Å². The zero-order chi connectivity index (χ0) is 18.3. The Bertz CT molecular complexity index is 1090. The average Bonchev–Trinajstić information content (AvgIpc) is 3.02. The highest BCUT2D eigenvalue weighted by atomic mass is 35.5. The van der Waals surface area contributed by atoms with Gasteiger partial charge in [0.1, 0.15) is 28.2 Å². The number of nitrogens with zero attached hydrogens (tertiary/aromatic N) is 3. The van der Waals surface area contributed by atoms with Crippen LogP contribution in [0, 0.1) is 0 Å². The maximum absolute atomic E-state index is 10.4. The Hall–Kier alpha value is -2.15. The molecule has 1 aromatic heterocycles. The van der Waals surface area contributed by atoms with E-state index < -0.39 is 0 Å². The molecule has 0 atom stereocenters. The van der Waals surface area contributed by atoms with Gasteiger partial charge in [0.25, 0.3) is 0 Å². The van der Waals surface area contributed by atoms with Crippen LogP contribution in [0.15, 0.2) is 42.5 Å². The van der Waals surface area contributed by atoms with Crippen molar-refractivity contribution in [1.29, 1.82) is 0 Å². The molecule has 0 aliphatic heterocycles. The van der Waals surface area contributed by atoms with Crippen LogP contribution in [0.4, 0.5) is 0 Å². The van der Waals surface area contributed by atoms with E-state index in [0.717, 1.165) is 16.5 Å². The van der Waals surface area contributed by atoms with Gasteiger partial charge in [-0.2, -0.15) is 12.6 Å². The topological polar surface area (TPSA) is 60.2 Å². The first-order valence-corrected chi connectivity index (χ1v) is 9.17. The minimum Gasteiger partial charge on any atom is -0.506 e. The van der Waals surface area contributed by atoms with Gasteiger partial charge in [-0.3, -0.25) is 0 Å². The summed E-state index contributed by atoms with van der Waals surface area (Å²) in [6, 6.07) is 12.4. The van der Waals surface area contributed by atoms with Crippen LogP contribution < -0.4 is 4.74 Å². The molecule has 1 N–H and O–H groups in total. The first kappa shape index (κ1) is 17.3. The summed E-state index contributed by atoms with van der Waals surface area (Å²) >= 11 is 16.2. The number of benzene rings is 3. The molecule has 5 nitrogen and oxygen atoms in total. The molecule has 0 aliphatic carbocycles. The number of halogens is 2. The van der Waals surface area contributed by atoms with E-state index in [9.17, 15) is 5.11 Å². The molecule has 0 amide bonds. The van der Waals surface area contributed by atoms with Crippen LogP contribution in [0.3, 0.4) is 0 Å². The SMILES string of the molecule is Oc1cc2ccc(OCCS)cc2cc1-n1nc2cc(Cl)c(Cl)cc2n1. The van der Waals surface area contributed by atoms with E-state index in [0.29, 0.717) is 39.1 Å². The molecule has 8 heteroatoms. The molecule has 26 heavy (non-hydrogen) atoms. The molecule has 4 rings (SSSR count). The summed E-state index contributed by atoms with van der Waals surface area (Å²) in [7, 11) is 0. The van der Waals surface area contributed by atoms with Gasteiger partial charge < -0.3 is 9.84 Å². The Morgan fingerprint density at radius 1 is 0.962 bits per heavy atom. The maximum Gasteiger partial charge on any atom is 0.143 e. The predicted molar refractivity (Wildman–Crippen MR) is 107 cm³/mol. The average molecular weight is 406 g/mol. The van der Waals surface area contributed by atoms with Gasteiger partial charge in [-0.25, -0.2) is 0 Å². The summed E-state index contributed by atoms with van der Waals surface area (Å²) in [5.41, 5.74) is 1.63. The second-order valence-electron chi connectivity index (χ2n) is 5.67. The van der Waals surface area contributed by atoms with Crippen LogP contribution >= 0.6 is 35.8 Å². The fraction of sp³-hybridized carbons (Fsp3) is 0.111. The van der Waals surface area contributed by atoms with Crippen LogP contribution in [0.1, 0.15) is 0 Å². The highest BCUT2D eigenvalue weighted by Crippen LogP contribution is 2.31. The molecule has 0 saturated heterocycles. The van der Waals surface area contributed by atoms with Crippen molar-refractivity contribution in [1.82, 2.24) is 15.0 Å². The molecule has 4 aromatic rings. The molecule has 0 unspecified atom stereocenters. The first-order valence-electron chi connectivity index (χ1n) is 7.78.